The lowest BCUT2D eigenvalue weighted by Gasteiger charge is -2.23. The molecule has 0 bridgehead atoms. The van der Waals surface area contributed by atoms with Crippen LogP contribution in [0, 0.1) is 11.7 Å². The summed E-state index contributed by atoms with van der Waals surface area (Å²) >= 11 is 0. The first-order valence-corrected chi connectivity index (χ1v) is 7.53. The minimum Gasteiger partial charge on any atom is -0.389 e. The average Bonchev–Trinajstić information content (AvgIpc) is 2.50. The lowest BCUT2D eigenvalue weighted by atomic mass is 10.0. The number of nitrogens with one attached hydrogen (secondary N) is 1. The predicted molar refractivity (Wildman–Crippen MR) is 78.5 cm³/mol. The average molecular weight is 297 g/mol. The molecular formula is C16H24FNO3. The summed E-state index contributed by atoms with van der Waals surface area (Å²) in [5.41, 5.74) is 0.511. The summed E-state index contributed by atoms with van der Waals surface area (Å²) in [6.45, 7) is 3.37. The Morgan fingerprint density at radius 2 is 2.29 bits per heavy atom. The van der Waals surface area contributed by atoms with Gasteiger partial charge in [-0.25, -0.2) is 4.39 Å². The minimum atomic E-state index is -0.582. The standard InChI is InChI=1S/C16H24FNO3/c17-16-6-2-1-5-14(16)11-21-12-15(19)9-18-8-13-4-3-7-20-10-13/h1-2,5-6,13,15,18-19H,3-4,7-12H2. The number of aliphatic hydroxyl groups excluding tert-OH is 1. The molecule has 1 heterocycles. The topological polar surface area (TPSA) is 50.7 Å². The maximum Gasteiger partial charge on any atom is 0.128 e. The number of aliphatic hydroxyl groups is 1. The summed E-state index contributed by atoms with van der Waals surface area (Å²) in [7, 11) is 0. The zero-order valence-electron chi connectivity index (χ0n) is 12.3. The number of ether oxygens (including phenoxy) is 2. The van der Waals surface area contributed by atoms with Crippen LogP contribution in [0.3, 0.4) is 0 Å². The number of hydrogen-bond donors (Lipinski definition) is 2. The van der Waals surface area contributed by atoms with E-state index in [4.69, 9.17) is 9.47 Å². The van der Waals surface area contributed by atoms with Crippen LogP contribution in [0.25, 0.3) is 0 Å². The molecule has 2 N–H and O–H groups in total. The van der Waals surface area contributed by atoms with Crippen molar-refractivity contribution in [3.05, 3.63) is 35.6 Å². The van der Waals surface area contributed by atoms with E-state index in [0.29, 0.717) is 18.0 Å². The van der Waals surface area contributed by atoms with E-state index in [1.807, 2.05) is 0 Å². The summed E-state index contributed by atoms with van der Waals surface area (Å²) in [6, 6.07) is 6.50. The van der Waals surface area contributed by atoms with Gasteiger partial charge in [0.2, 0.25) is 0 Å². The molecule has 0 spiro atoms. The van der Waals surface area contributed by atoms with Gasteiger partial charge in [0.05, 0.1) is 25.9 Å². The molecule has 1 aliphatic rings. The maximum atomic E-state index is 13.4. The van der Waals surface area contributed by atoms with Crippen molar-refractivity contribution >= 4 is 0 Å². The molecule has 0 amide bonds. The fourth-order valence-corrected chi connectivity index (χ4v) is 2.40. The van der Waals surface area contributed by atoms with E-state index in [9.17, 15) is 9.50 Å². The predicted octanol–water partition coefficient (Wildman–Crippen LogP) is 1.72. The minimum absolute atomic E-state index is 0.181. The number of hydrogen-bond acceptors (Lipinski definition) is 4. The Kier molecular flexibility index (Phi) is 7.09. The molecule has 0 aliphatic carbocycles. The smallest absolute Gasteiger partial charge is 0.128 e. The lowest BCUT2D eigenvalue weighted by Crippen LogP contribution is -2.35. The molecule has 0 saturated carbocycles. The first-order chi connectivity index (χ1) is 10.3. The summed E-state index contributed by atoms with van der Waals surface area (Å²) in [4.78, 5) is 0. The maximum absolute atomic E-state index is 13.4. The first-order valence-electron chi connectivity index (χ1n) is 7.53. The molecule has 1 aliphatic heterocycles. The van der Waals surface area contributed by atoms with Crippen LogP contribution in [-0.2, 0) is 16.1 Å². The van der Waals surface area contributed by atoms with Crippen molar-refractivity contribution in [2.75, 3.05) is 32.9 Å². The molecular weight excluding hydrogens is 273 g/mol. The van der Waals surface area contributed by atoms with Crippen LogP contribution < -0.4 is 5.32 Å². The molecule has 5 heteroatoms. The highest BCUT2D eigenvalue weighted by atomic mass is 19.1. The third kappa shape index (κ3) is 6.09. The fraction of sp³-hybridized carbons (Fsp3) is 0.625. The molecule has 2 atom stereocenters. The molecule has 1 saturated heterocycles. The zero-order chi connectivity index (χ0) is 14.9. The highest BCUT2D eigenvalue weighted by Gasteiger charge is 2.14. The first kappa shape index (κ1) is 16.4. The molecule has 1 fully saturated rings. The molecule has 118 valence electrons. The fourth-order valence-electron chi connectivity index (χ4n) is 2.40. The molecule has 1 aromatic carbocycles. The SMILES string of the molecule is OC(CNCC1CCCOC1)COCc1ccccc1F. The van der Waals surface area contributed by atoms with E-state index >= 15 is 0 Å². The van der Waals surface area contributed by atoms with Crippen LogP contribution in [0.15, 0.2) is 24.3 Å². The van der Waals surface area contributed by atoms with E-state index < -0.39 is 6.10 Å². The van der Waals surface area contributed by atoms with Crippen molar-refractivity contribution in [3.63, 3.8) is 0 Å². The molecule has 4 nitrogen and oxygen atoms in total. The molecule has 2 unspecified atom stereocenters. The van der Waals surface area contributed by atoms with Gasteiger partial charge in [-0.2, -0.15) is 0 Å². The zero-order valence-corrected chi connectivity index (χ0v) is 12.3. The van der Waals surface area contributed by atoms with Crippen LogP contribution in [0.4, 0.5) is 4.39 Å². The molecule has 1 aromatic rings. The van der Waals surface area contributed by atoms with E-state index in [-0.39, 0.29) is 19.0 Å². The Labute approximate surface area is 125 Å². The lowest BCUT2D eigenvalue weighted by molar-refractivity contribution is 0.0241. The number of halogens is 1. The molecule has 0 radical (unpaired) electrons. The Balaban J connectivity index is 1.55. The van der Waals surface area contributed by atoms with Crippen molar-refractivity contribution in [2.45, 2.75) is 25.6 Å². The van der Waals surface area contributed by atoms with Crippen molar-refractivity contribution in [3.8, 4) is 0 Å². The second-order valence-corrected chi connectivity index (χ2v) is 5.50. The van der Waals surface area contributed by atoms with E-state index in [1.165, 1.54) is 12.5 Å². The van der Waals surface area contributed by atoms with Gasteiger partial charge in [0.25, 0.3) is 0 Å². The summed E-state index contributed by atoms with van der Waals surface area (Å²) in [5, 5.41) is 13.0. The van der Waals surface area contributed by atoms with Gasteiger partial charge in [-0.1, -0.05) is 18.2 Å². The van der Waals surface area contributed by atoms with Gasteiger partial charge in [0.1, 0.15) is 5.82 Å². The van der Waals surface area contributed by atoms with Crippen LogP contribution >= 0.6 is 0 Å². The third-order valence-corrected chi connectivity index (χ3v) is 3.59. The van der Waals surface area contributed by atoms with E-state index in [1.54, 1.807) is 18.2 Å². The third-order valence-electron chi connectivity index (χ3n) is 3.59. The quantitative estimate of drug-likeness (QED) is 0.767. The highest BCUT2D eigenvalue weighted by Crippen LogP contribution is 2.12. The van der Waals surface area contributed by atoms with Crippen LogP contribution in [0.2, 0.25) is 0 Å². The number of rotatable bonds is 8. The molecule has 21 heavy (non-hydrogen) atoms. The van der Waals surface area contributed by atoms with Crippen LogP contribution in [0.1, 0.15) is 18.4 Å². The second kappa shape index (κ2) is 9.10. The van der Waals surface area contributed by atoms with Gasteiger partial charge in [0.15, 0.2) is 0 Å². The largest absolute Gasteiger partial charge is 0.389 e. The Bertz CT molecular complexity index is 410. The Morgan fingerprint density at radius 1 is 1.43 bits per heavy atom. The van der Waals surface area contributed by atoms with Crippen molar-refractivity contribution in [1.82, 2.24) is 5.32 Å². The Morgan fingerprint density at radius 3 is 3.05 bits per heavy atom. The van der Waals surface area contributed by atoms with Crippen LogP contribution in [-0.4, -0.2) is 44.1 Å². The number of benzene rings is 1. The highest BCUT2D eigenvalue weighted by molar-refractivity contribution is 5.16. The second-order valence-electron chi connectivity index (χ2n) is 5.50. The van der Waals surface area contributed by atoms with Gasteiger partial charge in [-0.15, -0.1) is 0 Å². The monoisotopic (exact) mass is 297 g/mol. The summed E-state index contributed by atoms with van der Waals surface area (Å²) in [5.74, 6) is 0.257. The Hall–Kier alpha value is -1.01. The molecule has 0 aromatic heterocycles. The van der Waals surface area contributed by atoms with Crippen molar-refractivity contribution in [1.29, 1.82) is 0 Å². The van der Waals surface area contributed by atoms with Gasteiger partial charge >= 0.3 is 0 Å². The van der Waals surface area contributed by atoms with Gasteiger partial charge in [-0.05, 0) is 24.8 Å². The van der Waals surface area contributed by atoms with Gasteiger partial charge in [0, 0.05) is 25.3 Å². The van der Waals surface area contributed by atoms with E-state index in [2.05, 4.69) is 5.32 Å². The van der Waals surface area contributed by atoms with Gasteiger partial charge < -0.3 is 19.9 Å². The summed E-state index contributed by atoms with van der Waals surface area (Å²) < 4.78 is 24.1. The van der Waals surface area contributed by atoms with E-state index in [0.717, 1.165) is 26.2 Å². The summed E-state index contributed by atoms with van der Waals surface area (Å²) in [6.07, 6.45) is 1.70. The van der Waals surface area contributed by atoms with Crippen LogP contribution in [0.5, 0.6) is 0 Å². The normalized spacial score (nSPS) is 20.4. The van der Waals surface area contributed by atoms with Crippen molar-refractivity contribution < 1.29 is 19.0 Å². The van der Waals surface area contributed by atoms with Crippen molar-refractivity contribution in [2.24, 2.45) is 5.92 Å². The van der Waals surface area contributed by atoms with Gasteiger partial charge in [-0.3, -0.25) is 0 Å². The molecule has 2 rings (SSSR count).